The van der Waals surface area contributed by atoms with Gasteiger partial charge in [-0.15, -0.1) is 0 Å². The molecule has 0 bridgehead atoms. The van der Waals surface area contributed by atoms with Crippen LogP contribution < -0.4 is 10.1 Å². The predicted octanol–water partition coefficient (Wildman–Crippen LogP) is 5.02. The van der Waals surface area contributed by atoms with Crippen LogP contribution in [0.3, 0.4) is 0 Å². The van der Waals surface area contributed by atoms with Gasteiger partial charge in [0, 0.05) is 16.8 Å². The number of Topliss-reactive ketones (excluding diaryl/α,β-unsaturated/α-hetero) is 1. The highest BCUT2D eigenvalue weighted by Crippen LogP contribution is 2.26. The topological polar surface area (TPSA) is 81.4 Å². The van der Waals surface area contributed by atoms with Crippen LogP contribution in [0.15, 0.2) is 71.1 Å². The van der Waals surface area contributed by atoms with Crippen molar-refractivity contribution in [2.45, 2.75) is 13.8 Å². The molecule has 0 spiro atoms. The third kappa shape index (κ3) is 4.22. The summed E-state index contributed by atoms with van der Waals surface area (Å²) in [6.45, 7) is 3.37. The van der Waals surface area contributed by atoms with Crippen LogP contribution >= 0.6 is 0 Å². The largest absolute Gasteiger partial charge is 0.483 e. The summed E-state index contributed by atoms with van der Waals surface area (Å²) in [5.74, 6) is 0.871. The number of nitrogens with one attached hydrogen (secondary N) is 1. The fourth-order valence-electron chi connectivity index (χ4n) is 3.02. The van der Waals surface area contributed by atoms with Crippen LogP contribution in [-0.4, -0.2) is 23.3 Å². The number of anilines is 1. The molecule has 0 saturated carbocycles. The second-order valence-corrected chi connectivity index (χ2v) is 6.94. The monoisotopic (exact) mass is 400 g/mol. The molecule has 0 fully saturated rings. The molecule has 30 heavy (non-hydrogen) atoms. The number of oxazole rings is 1. The number of fused-ring (bicyclic) bond motifs is 1. The Bertz CT molecular complexity index is 1230. The Balaban J connectivity index is 1.42. The van der Waals surface area contributed by atoms with Crippen molar-refractivity contribution in [3.8, 4) is 17.2 Å². The number of aromatic nitrogens is 1. The number of aryl methyl sites for hydroxylation is 1. The molecular formula is C24H20N2O4. The molecule has 1 aromatic heterocycles. The Labute approximate surface area is 173 Å². The van der Waals surface area contributed by atoms with Crippen molar-refractivity contribution in [3.63, 3.8) is 0 Å². The van der Waals surface area contributed by atoms with Gasteiger partial charge in [0.1, 0.15) is 11.3 Å². The zero-order valence-corrected chi connectivity index (χ0v) is 16.6. The molecule has 6 nitrogen and oxygen atoms in total. The van der Waals surface area contributed by atoms with E-state index in [1.807, 2.05) is 43.3 Å². The van der Waals surface area contributed by atoms with Crippen molar-refractivity contribution in [1.82, 2.24) is 4.98 Å². The van der Waals surface area contributed by atoms with E-state index in [2.05, 4.69) is 10.3 Å². The van der Waals surface area contributed by atoms with E-state index in [9.17, 15) is 9.59 Å². The fourth-order valence-corrected chi connectivity index (χ4v) is 3.02. The number of rotatable bonds is 6. The normalized spacial score (nSPS) is 10.7. The molecule has 6 heteroatoms. The molecule has 0 radical (unpaired) electrons. The summed E-state index contributed by atoms with van der Waals surface area (Å²) >= 11 is 0. The number of carbonyl (C=O) groups is 2. The van der Waals surface area contributed by atoms with Crippen molar-refractivity contribution in [3.05, 3.63) is 77.9 Å². The maximum Gasteiger partial charge on any atom is 0.262 e. The lowest BCUT2D eigenvalue weighted by Crippen LogP contribution is -2.20. The number of ketones is 1. The van der Waals surface area contributed by atoms with Gasteiger partial charge in [0.05, 0.1) is 0 Å². The maximum atomic E-state index is 12.2. The average molecular weight is 400 g/mol. The second-order valence-electron chi connectivity index (χ2n) is 6.94. The molecule has 0 saturated heterocycles. The van der Waals surface area contributed by atoms with Gasteiger partial charge in [-0.25, -0.2) is 4.98 Å². The van der Waals surface area contributed by atoms with Crippen LogP contribution in [0.5, 0.6) is 5.75 Å². The molecule has 0 aliphatic carbocycles. The van der Waals surface area contributed by atoms with Crippen molar-refractivity contribution in [2.75, 3.05) is 11.9 Å². The van der Waals surface area contributed by atoms with Crippen LogP contribution in [0.1, 0.15) is 22.8 Å². The lowest BCUT2D eigenvalue weighted by molar-refractivity contribution is -0.118. The molecule has 4 aromatic rings. The van der Waals surface area contributed by atoms with Gasteiger partial charge in [0.25, 0.3) is 5.91 Å². The molecule has 0 atom stereocenters. The highest BCUT2D eigenvalue weighted by molar-refractivity contribution is 5.97. The minimum Gasteiger partial charge on any atom is -0.483 e. The van der Waals surface area contributed by atoms with Crippen molar-refractivity contribution < 1.29 is 18.7 Å². The number of nitrogens with zero attached hydrogens (tertiary/aromatic N) is 1. The van der Waals surface area contributed by atoms with E-state index in [4.69, 9.17) is 9.15 Å². The average Bonchev–Trinajstić information content (AvgIpc) is 3.17. The van der Waals surface area contributed by atoms with Crippen molar-refractivity contribution in [1.29, 1.82) is 0 Å². The van der Waals surface area contributed by atoms with Gasteiger partial charge < -0.3 is 14.5 Å². The molecule has 4 rings (SSSR count). The first-order valence-electron chi connectivity index (χ1n) is 9.50. The Morgan fingerprint density at radius 1 is 1.03 bits per heavy atom. The minimum absolute atomic E-state index is 0.0204. The lowest BCUT2D eigenvalue weighted by Gasteiger charge is -2.09. The maximum absolute atomic E-state index is 12.2. The summed E-state index contributed by atoms with van der Waals surface area (Å²) < 4.78 is 11.3. The van der Waals surface area contributed by atoms with E-state index in [0.29, 0.717) is 34.0 Å². The van der Waals surface area contributed by atoms with Crippen LogP contribution in [0.4, 0.5) is 5.69 Å². The van der Waals surface area contributed by atoms with Crippen LogP contribution in [0, 0.1) is 6.92 Å². The van der Waals surface area contributed by atoms with E-state index in [-0.39, 0.29) is 18.3 Å². The van der Waals surface area contributed by atoms with Gasteiger partial charge in [-0.3, -0.25) is 9.59 Å². The molecular weight excluding hydrogens is 380 g/mol. The summed E-state index contributed by atoms with van der Waals surface area (Å²) in [5.41, 5.74) is 4.22. The quantitative estimate of drug-likeness (QED) is 0.460. The molecule has 0 aliphatic rings. The third-order valence-corrected chi connectivity index (χ3v) is 4.66. The van der Waals surface area contributed by atoms with Gasteiger partial charge in [0.2, 0.25) is 5.89 Å². The number of para-hydroxylation sites is 1. The van der Waals surface area contributed by atoms with E-state index in [1.54, 1.807) is 30.3 Å². The number of hydrogen-bond donors (Lipinski definition) is 1. The molecule has 1 N–H and O–H groups in total. The summed E-state index contributed by atoms with van der Waals surface area (Å²) in [4.78, 5) is 28.2. The Hall–Kier alpha value is -3.93. The number of hydrogen-bond acceptors (Lipinski definition) is 5. The number of benzene rings is 3. The Morgan fingerprint density at radius 3 is 2.53 bits per heavy atom. The van der Waals surface area contributed by atoms with Gasteiger partial charge in [-0.05, 0) is 67.9 Å². The molecule has 0 aliphatic heterocycles. The van der Waals surface area contributed by atoms with Crippen molar-refractivity contribution >= 4 is 28.5 Å². The highest BCUT2D eigenvalue weighted by Gasteiger charge is 2.11. The van der Waals surface area contributed by atoms with Crippen LogP contribution in [0.2, 0.25) is 0 Å². The van der Waals surface area contributed by atoms with Gasteiger partial charge in [-0.1, -0.05) is 18.2 Å². The van der Waals surface area contributed by atoms with Crippen molar-refractivity contribution in [2.24, 2.45) is 0 Å². The number of amides is 1. The third-order valence-electron chi connectivity index (χ3n) is 4.66. The lowest BCUT2D eigenvalue weighted by atomic mass is 10.1. The zero-order chi connectivity index (χ0) is 21.1. The fraction of sp³-hybridized carbons (Fsp3) is 0.125. The zero-order valence-electron chi connectivity index (χ0n) is 16.6. The van der Waals surface area contributed by atoms with Crippen LogP contribution in [0.25, 0.3) is 22.6 Å². The number of ether oxygens (including phenoxy) is 1. The van der Waals surface area contributed by atoms with Gasteiger partial charge >= 0.3 is 0 Å². The van der Waals surface area contributed by atoms with E-state index >= 15 is 0 Å². The summed E-state index contributed by atoms with van der Waals surface area (Å²) in [5, 5.41) is 2.80. The predicted molar refractivity (Wildman–Crippen MR) is 115 cm³/mol. The molecule has 3 aromatic carbocycles. The van der Waals surface area contributed by atoms with Gasteiger partial charge in [-0.2, -0.15) is 0 Å². The molecule has 0 unspecified atom stereocenters. The summed E-state index contributed by atoms with van der Waals surface area (Å²) in [6, 6.07) is 19.9. The Morgan fingerprint density at radius 2 is 1.80 bits per heavy atom. The summed E-state index contributed by atoms with van der Waals surface area (Å²) in [7, 11) is 0. The molecule has 1 amide bonds. The second kappa shape index (κ2) is 8.21. The van der Waals surface area contributed by atoms with E-state index in [1.165, 1.54) is 6.92 Å². The first-order valence-corrected chi connectivity index (χ1v) is 9.50. The number of carbonyl (C=O) groups excluding carboxylic acids is 2. The highest BCUT2D eigenvalue weighted by atomic mass is 16.5. The van der Waals surface area contributed by atoms with Crippen LogP contribution in [-0.2, 0) is 4.79 Å². The Kier molecular flexibility index (Phi) is 5.30. The SMILES string of the molecule is CC(=O)c1ccc2oc(-c3ccc(NC(=O)COc4ccccc4C)cc3)nc2c1. The van der Waals surface area contributed by atoms with E-state index < -0.39 is 0 Å². The molecule has 1 heterocycles. The molecule has 150 valence electrons. The smallest absolute Gasteiger partial charge is 0.262 e. The first kappa shape index (κ1) is 19.4. The minimum atomic E-state index is -0.246. The van der Waals surface area contributed by atoms with Gasteiger partial charge in [0.15, 0.2) is 18.0 Å². The standard InChI is InChI=1S/C24H20N2O4/c1-15-5-3-4-6-21(15)29-14-23(28)25-19-10-7-17(8-11-19)24-26-20-13-18(16(2)27)9-12-22(20)30-24/h3-13H,14H2,1-2H3,(H,25,28). The van der Waals surface area contributed by atoms with E-state index in [0.717, 1.165) is 11.1 Å². The first-order chi connectivity index (χ1) is 14.5. The summed E-state index contributed by atoms with van der Waals surface area (Å²) in [6.07, 6.45) is 0.